The highest BCUT2D eigenvalue weighted by Crippen LogP contribution is 2.08. The smallest absolute Gasteiger partial charge is 0.323 e. The maximum absolute atomic E-state index is 12.1. The Kier molecular flexibility index (Phi) is 14.0. The molecular weight excluding hydrogens is 282 g/mol. The lowest BCUT2D eigenvalue weighted by molar-refractivity contribution is -0.144. The summed E-state index contributed by atoms with van der Waals surface area (Å²) >= 11 is 0. The summed E-state index contributed by atoms with van der Waals surface area (Å²) in [6.45, 7) is 1.73. The Morgan fingerprint density at radius 1 is 0.773 bits per heavy atom. The van der Waals surface area contributed by atoms with Crippen LogP contribution >= 0.6 is 0 Å². The summed E-state index contributed by atoms with van der Waals surface area (Å²) in [7, 11) is 0. The fourth-order valence-corrected chi connectivity index (χ4v) is 2.36. The summed E-state index contributed by atoms with van der Waals surface area (Å²) in [5.41, 5.74) is 10.9. The average molecular weight is 315 g/mol. The molecular formula is C16H33N3O3. The average Bonchev–Trinajstić information content (AvgIpc) is 2.49. The van der Waals surface area contributed by atoms with Gasteiger partial charge < -0.3 is 21.5 Å². The van der Waals surface area contributed by atoms with E-state index in [1.54, 1.807) is 0 Å². The van der Waals surface area contributed by atoms with Gasteiger partial charge in [0.05, 0.1) is 0 Å². The van der Waals surface area contributed by atoms with Crippen LogP contribution in [0.15, 0.2) is 0 Å². The number of carboxylic acids is 1. The molecule has 22 heavy (non-hydrogen) atoms. The molecule has 0 aromatic heterocycles. The lowest BCUT2D eigenvalue weighted by atomic mass is 10.1. The molecule has 0 unspecified atom stereocenters. The zero-order chi connectivity index (χ0) is 16.6. The third-order valence-electron chi connectivity index (χ3n) is 3.66. The van der Waals surface area contributed by atoms with Crippen LogP contribution in [0, 0.1) is 0 Å². The van der Waals surface area contributed by atoms with Gasteiger partial charge in [-0.15, -0.1) is 0 Å². The number of hydrogen-bond acceptors (Lipinski definition) is 4. The van der Waals surface area contributed by atoms with Gasteiger partial charge in [-0.2, -0.15) is 0 Å². The molecule has 0 saturated carbocycles. The number of nitrogens with two attached hydrogens (primary N) is 2. The molecule has 0 fully saturated rings. The zero-order valence-corrected chi connectivity index (χ0v) is 13.8. The number of rotatable bonds is 15. The molecule has 0 atom stereocenters. The minimum absolute atomic E-state index is 0.0532. The van der Waals surface area contributed by atoms with Crippen LogP contribution in [0.3, 0.4) is 0 Å². The Morgan fingerprint density at radius 3 is 1.82 bits per heavy atom. The van der Waals surface area contributed by atoms with Gasteiger partial charge in [-0.1, -0.05) is 32.1 Å². The number of hydrogen-bond donors (Lipinski definition) is 3. The first-order valence-electron chi connectivity index (χ1n) is 8.51. The SMILES string of the molecule is NCCCCCCCCN(CC(=O)O)C(=O)CCCCCN. The van der Waals surface area contributed by atoms with Crippen LogP contribution in [-0.4, -0.2) is 48.1 Å². The van der Waals surface area contributed by atoms with Crippen LogP contribution < -0.4 is 11.5 Å². The molecule has 0 aromatic carbocycles. The van der Waals surface area contributed by atoms with E-state index in [9.17, 15) is 9.59 Å². The Balaban J connectivity index is 3.91. The Morgan fingerprint density at radius 2 is 1.27 bits per heavy atom. The topological polar surface area (TPSA) is 110 Å². The van der Waals surface area contributed by atoms with Gasteiger partial charge in [-0.3, -0.25) is 9.59 Å². The summed E-state index contributed by atoms with van der Waals surface area (Å²) < 4.78 is 0. The molecule has 6 heteroatoms. The lowest BCUT2D eigenvalue weighted by Gasteiger charge is -2.20. The lowest BCUT2D eigenvalue weighted by Crippen LogP contribution is -2.36. The van der Waals surface area contributed by atoms with E-state index in [0.29, 0.717) is 19.5 Å². The van der Waals surface area contributed by atoms with Crippen LogP contribution in [0.1, 0.15) is 64.2 Å². The molecule has 5 N–H and O–H groups in total. The summed E-state index contributed by atoms with van der Waals surface area (Å²) in [6.07, 6.45) is 9.41. The van der Waals surface area contributed by atoms with Crippen molar-refractivity contribution in [1.29, 1.82) is 0 Å². The number of unbranched alkanes of at least 4 members (excludes halogenated alkanes) is 7. The van der Waals surface area contributed by atoms with Gasteiger partial charge in [-0.05, 0) is 38.8 Å². The number of carbonyl (C=O) groups is 2. The first-order valence-corrected chi connectivity index (χ1v) is 8.51. The number of amides is 1. The predicted octanol–water partition coefficient (Wildman–Crippen LogP) is 1.72. The second-order valence-electron chi connectivity index (χ2n) is 5.72. The van der Waals surface area contributed by atoms with Crippen molar-refractivity contribution in [2.75, 3.05) is 26.2 Å². The van der Waals surface area contributed by atoms with Crippen molar-refractivity contribution in [3.63, 3.8) is 0 Å². The Labute approximate surface area is 134 Å². The molecule has 0 aliphatic carbocycles. The third-order valence-corrected chi connectivity index (χ3v) is 3.66. The predicted molar refractivity (Wildman–Crippen MR) is 88.5 cm³/mol. The summed E-state index contributed by atoms with van der Waals surface area (Å²) in [4.78, 5) is 24.4. The fraction of sp³-hybridized carbons (Fsp3) is 0.875. The highest BCUT2D eigenvalue weighted by atomic mass is 16.4. The van der Waals surface area contributed by atoms with Gasteiger partial charge in [0.15, 0.2) is 0 Å². The van der Waals surface area contributed by atoms with Gasteiger partial charge >= 0.3 is 5.97 Å². The van der Waals surface area contributed by atoms with E-state index < -0.39 is 5.97 Å². The van der Waals surface area contributed by atoms with Crippen LogP contribution in [0.5, 0.6) is 0 Å². The quantitative estimate of drug-likeness (QED) is 0.399. The summed E-state index contributed by atoms with van der Waals surface area (Å²) in [5.74, 6) is -0.999. The van der Waals surface area contributed by atoms with E-state index in [1.165, 1.54) is 4.90 Å². The molecule has 0 radical (unpaired) electrons. The monoisotopic (exact) mass is 315 g/mol. The van der Waals surface area contributed by atoms with Gasteiger partial charge in [0.25, 0.3) is 0 Å². The summed E-state index contributed by atoms with van der Waals surface area (Å²) in [6, 6.07) is 0. The first kappa shape index (κ1) is 20.9. The third kappa shape index (κ3) is 12.6. The Bertz CT molecular complexity index is 298. The van der Waals surface area contributed by atoms with Crippen molar-refractivity contribution < 1.29 is 14.7 Å². The zero-order valence-electron chi connectivity index (χ0n) is 13.8. The normalized spacial score (nSPS) is 10.6. The number of carbonyl (C=O) groups excluding carboxylic acids is 1. The largest absolute Gasteiger partial charge is 0.480 e. The van der Waals surface area contributed by atoms with Crippen molar-refractivity contribution in [2.24, 2.45) is 11.5 Å². The van der Waals surface area contributed by atoms with Crippen LogP contribution in [0.2, 0.25) is 0 Å². The Hall–Kier alpha value is -1.14. The van der Waals surface area contributed by atoms with E-state index >= 15 is 0 Å². The molecule has 130 valence electrons. The van der Waals surface area contributed by atoms with E-state index in [2.05, 4.69) is 0 Å². The minimum Gasteiger partial charge on any atom is -0.480 e. The highest BCUT2D eigenvalue weighted by molar-refractivity contribution is 5.81. The van der Waals surface area contributed by atoms with Crippen LogP contribution in [0.4, 0.5) is 0 Å². The molecule has 0 aromatic rings. The maximum Gasteiger partial charge on any atom is 0.323 e. The molecule has 0 bridgehead atoms. The van der Waals surface area contributed by atoms with Gasteiger partial charge in [0.2, 0.25) is 5.91 Å². The molecule has 0 saturated heterocycles. The van der Waals surface area contributed by atoms with E-state index in [-0.39, 0.29) is 12.5 Å². The van der Waals surface area contributed by atoms with Crippen LogP contribution in [-0.2, 0) is 9.59 Å². The molecule has 0 spiro atoms. The molecule has 0 rings (SSSR count). The number of carboxylic acid groups (broad SMARTS) is 1. The maximum atomic E-state index is 12.1. The van der Waals surface area contributed by atoms with Crippen LogP contribution in [0.25, 0.3) is 0 Å². The van der Waals surface area contributed by atoms with Crippen molar-refractivity contribution in [3.8, 4) is 0 Å². The van der Waals surface area contributed by atoms with Crippen molar-refractivity contribution >= 4 is 11.9 Å². The fourth-order valence-electron chi connectivity index (χ4n) is 2.36. The van der Waals surface area contributed by atoms with E-state index in [1.807, 2.05) is 0 Å². The molecule has 0 heterocycles. The van der Waals surface area contributed by atoms with Crippen molar-refractivity contribution in [2.45, 2.75) is 64.2 Å². The number of aliphatic carboxylic acids is 1. The first-order chi connectivity index (χ1) is 10.6. The standard InChI is InChI=1S/C16H33N3O3/c17-11-7-3-1-2-4-9-13-19(14-16(21)22)15(20)10-6-5-8-12-18/h1-14,17-18H2,(H,21,22). The van der Waals surface area contributed by atoms with Gasteiger partial charge in [0, 0.05) is 13.0 Å². The number of nitrogens with zero attached hydrogens (tertiary/aromatic N) is 1. The minimum atomic E-state index is -0.946. The molecule has 0 aliphatic rings. The van der Waals surface area contributed by atoms with E-state index in [4.69, 9.17) is 16.6 Å². The second kappa shape index (κ2) is 14.8. The van der Waals surface area contributed by atoms with Crippen molar-refractivity contribution in [1.82, 2.24) is 4.90 Å². The molecule has 1 amide bonds. The van der Waals surface area contributed by atoms with Gasteiger partial charge in [0.1, 0.15) is 6.54 Å². The molecule has 0 aliphatic heterocycles. The molecule has 6 nitrogen and oxygen atoms in total. The van der Waals surface area contributed by atoms with Crippen molar-refractivity contribution in [3.05, 3.63) is 0 Å². The van der Waals surface area contributed by atoms with Gasteiger partial charge in [-0.25, -0.2) is 0 Å². The summed E-state index contributed by atoms with van der Waals surface area (Å²) in [5, 5.41) is 8.92. The van der Waals surface area contributed by atoms with E-state index in [0.717, 1.165) is 64.3 Å². The second-order valence-corrected chi connectivity index (χ2v) is 5.72. The highest BCUT2D eigenvalue weighted by Gasteiger charge is 2.15.